The summed E-state index contributed by atoms with van der Waals surface area (Å²) >= 11 is 7.00. The monoisotopic (exact) mass is 336 g/mol. The molecular weight excluding hydrogens is 324 g/mol. The highest BCUT2D eigenvalue weighted by atomic mass is 79.9. The summed E-state index contributed by atoms with van der Waals surface area (Å²) in [6, 6.07) is 4.31. The summed E-state index contributed by atoms with van der Waals surface area (Å²) in [5.41, 5.74) is 2.34. The van der Waals surface area contributed by atoms with E-state index in [0.717, 1.165) is 16.9 Å². The van der Waals surface area contributed by atoms with Crippen LogP contribution in [0.15, 0.2) is 39.7 Å². The zero-order valence-corrected chi connectivity index (χ0v) is 13.6. The molecule has 0 aromatic carbocycles. The summed E-state index contributed by atoms with van der Waals surface area (Å²) in [6.07, 6.45) is 2.88. The zero-order valence-electron chi connectivity index (χ0n) is 10.3. The van der Waals surface area contributed by atoms with Crippen molar-refractivity contribution in [3.63, 3.8) is 0 Å². The molecule has 0 aliphatic rings. The van der Waals surface area contributed by atoms with E-state index in [1.807, 2.05) is 6.08 Å². The smallest absolute Gasteiger partial charge is 0.0793 e. The standard InChI is InChI=1S/C15H13BrS2/c1-4-11(5-2)10(3)6-7-12-8-13-14(17-12)9-15(16)18-13/h4,8-9H,1,5H2,2-3H3/b11-10-. The van der Waals surface area contributed by atoms with Crippen molar-refractivity contribution in [2.75, 3.05) is 0 Å². The molecule has 0 bridgehead atoms. The van der Waals surface area contributed by atoms with Gasteiger partial charge in [0.1, 0.15) is 0 Å². The second kappa shape index (κ2) is 5.88. The molecule has 0 nitrogen and oxygen atoms in total. The lowest BCUT2D eigenvalue weighted by atomic mass is 10.1. The van der Waals surface area contributed by atoms with Crippen LogP contribution in [-0.2, 0) is 0 Å². The average molecular weight is 337 g/mol. The Balaban J connectivity index is 2.31. The van der Waals surface area contributed by atoms with Gasteiger partial charge in [0.05, 0.1) is 8.66 Å². The highest BCUT2D eigenvalue weighted by molar-refractivity contribution is 9.11. The predicted molar refractivity (Wildman–Crippen MR) is 87.5 cm³/mol. The number of hydrogen-bond donors (Lipinski definition) is 0. The van der Waals surface area contributed by atoms with Crippen LogP contribution in [-0.4, -0.2) is 0 Å². The van der Waals surface area contributed by atoms with Gasteiger partial charge in [-0.05, 0) is 47.0 Å². The van der Waals surface area contributed by atoms with Crippen molar-refractivity contribution in [1.82, 2.24) is 0 Å². The summed E-state index contributed by atoms with van der Waals surface area (Å²) < 4.78 is 3.79. The number of thiophene rings is 2. The third-order valence-electron chi connectivity index (χ3n) is 2.66. The number of fused-ring (bicyclic) bond motifs is 1. The Bertz CT molecular complexity index is 643. The molecule has 2 aromatic heterocycles. The second-order valence-electron chi connectivity index (χ2n) is 3.85. The predicted octanol–water partition coefficient (Wildman–Crippen LogP) is 5.99. The Kier molecular flexibility index (Phi) is 4.45. The van der Waals surface area contributed by atoms with Gasteiger partial charge in [-0.25, -0.2) is 0 Å². The second-order valence-corrected chi connectivity index (χ2v) is 7.39. The topological polar surface area (TPSA) is 0 Å². The fraction of sp³-hybridized carbons (Fsp3) is 0.200. The molecule has 18 heavy (non-hydrogen) atoms. The van der Waals surface area contributed by atoms with Crippen molar-refractivity contribution in [3.8, 4) is 11.8 Å². The Morgan fingerprint density at radius 2 is 2.11 bits per heavy atom. The van der Waals surface area contributed by atoms with Gasteiger partial charge < -0.3 is 0 Å². The molecule has 3 heteroatoms. The molecule has 92 valence electrons. The molecule has 0 amide bonds. The third-order valence-corrected chi connectivity index (χ3v) is 5.37. The van der Waals surface area contributed by atoms with E-state index in [-0.39, 0.29) is 0 Å². The minimum atomic E-state index is 0.983. The molecule has 0 saturated heterocycles. The normalized spacial score (nSPS) is 11.9. The zero-order chi connectivity index (χ0) is 13.1. The number of halogens is 1. The Morgan fingerprint density at radius 1 is 1.39 bits per heavy atom. The van der Waals surface area contributed by atoms with Gasteiger partial charge in [0.15, 0.2) is 0 Å². The minimum absolute atomic E-state index is 0.983. The molecule has 2 aromatic rings. The lowest BCUT2D eigenvalue weighted by Crippen LogP contribution is -1.80. The fourth-order valence-electron chi connectivity index (χ4n) is 1.67. The average Bonchev–Trinajstić information content (AvgIpc) is 2.84. The Hall–Kier alpha value is -0.820. The summed E-state index contributed by atoms with van der Waals surface area (Å²) in [5, 5.41) is 0. The minimum Gasteiger partial charge on any atom is -0.127 e. The molecule has 0 radical (unpaired) electrons. The van der Waals surface area contributed by atoms with E-state index >= 15 is 0 Å². The van der Waals surface area contributed by atoms with E-state index in [0.29, 0.717) is 0 Å². The van der Waals surface area contributed by atoms with Gasteiger partial charge in [0.2, 0.25) is 0 Å². The van der Waals surface area contributed by atoms with Gasteiger partial charge in [0.25, 0.3) is 0 Å². The quantitative estimate of drug-likeness (QED) is 0.466. The molecule has 0 aliphatic carbocycles. The molecule has 0 atom stereocenters. The molecule has 2 rings (SSSR count). The van der Waals surface area contributed by atoms with Crippen LogP contribution in [0, 0.1) is 11.8 Å². The van der Waals surface area contributed by atoms with Crippen LogP contribution in [0.4, 0.5) is 0 Å². The Labute approximate surface area is 124 Å². The summed E-state index contributed by atoms with van der Waals surface area (Å²) in [4.78, 5) is 1.13. The van der Waals surface area contributed by atoms with Crippen LogP contribution in [0.3, 0.4) is 0 Å². The SMILES string of the molecule is C=C/C(CC)=C(\C)C#Cc1cc2sc(Br)cc2s1. The summed E-state index contributed by atoms with van der Waals surface area (Å²) in [7, 11) is 0. The molecular formula is C15H13BrS2. The lowest BCUT2D eigenvalue weighted by molar-refractivity contribution is 1.13. The van der Waals surface area contributed by atoms with Gasteiger partial charge in [-0.3, -0.25) is 0 Å². The molecule has 0 unspecified atom stereocenters. The van der Waals surface area contributed by atoms with Gasteiger partial charge in [-0.2, -0.15) is 0 Å². The van der Waals surface area contributed by atoms with Gasteiger partial charge in [-0.15, -0.1) is 22.7 Å². The summed E-state index contributed by atoms with van der Waals surface area (Å²) in [6.45, 7) is 8.00. The van der Waals surface area contributed by atoms with E-state index in [1.165, 1.54) is 18.8 Å². The van der Waals surface area contributed by atoms with Crippen LogP contribution in [0.25, 0.3) is 9.40 Å². The van der Waals surface area contributed by atoms with Crippen molar-refractivity contribution in [2.45, 2.75) is 20.3 Å². The van der Waals surface area contributed by atoms with Gasteiger partial charge >= 0.3 is 0 Å². The first-order valence-corrected chi connectivity index (χ1v) is 8.09. The van der Waals surface area contributed by atoms with E-state index in [4.69, 9.17) is 0 Å². The van der Waals surface area contributed by atoms with Gasteiger partial charge in [0, 0.05) is 15.0 Å². The van der Waals surface area contributed by atoms with E-state index < -0.39 is 0 Å². The fourth-order valence-corrected chi connectivity index (χ4v) is 4.54. The summed E-state index contributed by atoms with van der Waals surface area (Å²) in [5.74, 6) is 6.47. The number of hydrogen-bond acceptors (Lipinski definition) is 2. The maximum absolute atomic E-state index is 3.82. The molecule has 0 fully saturated rings. The maximum atomic E-state index is 3.82. The van der Waals surface area contributed by atoms with E-state index in [1.54, 1.807) is 22.7 Å². The first-order chi connectivity index (χ1) is 8.63. The van der Waals surface area contributed by atoms with Crippen molar-refractivity contribution in [1.29, 1.82) is 0 Å². The number of rotatable bonds is 2. The van der Waals surface area contributed by atoms with Crippen LogP contribution in [0.2, 0.25) is 0 Å². The molecule has 0 spiro atoms. The third kappa shape index (κ3) is 2.95. The Morgan fingerprint density at radius 3 is 2.72 bits per heavy atom. The highest BCUT2D eigenvalue weighted by Crippen LogP contribution is 2.35. The molecule has 2 heterocycles. The largest absolute Gasteiger partial charge is 0.127 e. The lowest BCUT2D eigenvalue weighted by Gasteiger charge is -1.96. The van der Waals surface area contributed by atoms with Crippen LogP contribution in [0.5, 0.6) is 0 Å². The molecule has 0 aliphatic heterocycles. The molecule has 0 saturated carbocycles. The molecule has 0 N–H and O–H groups in total. The van der Waals surface area contributed by atoms with Gasteiger partial charge in [-0.1, -0.05) is 31.4 Å². The number of allylic oxidation sites excluding steroid dienone is 3. The van der Waals surface area contributed by atoms with Crippen molar-refractivity contribution < 1.29 is 0 Å². The highest BCUT2D eigenvalue weighted by Gasteiger charge is 2.03. The van der Waals surface area contributed by atoms with E-state index in [2.05, 4.69) is 60.3 Å². The van der Waals surface area contributed by atoms with Crippen LogP contribution < -0.4 is 0 Å². The van der Waals surface area contributed by atoms with Crippen LogP contribution >= 0.6 is 38.6 Å². The maximum Gasteiger partial charge on any atom is 0.0793 e. The van der Waals surface area contributed by atoms with Crippen LogP contribution in [0.1, 0.15) is 25.1 Å². The first kappa shape index (κ1) is 13.6. The van der Waals surface area contributed by atoms with Crippen molar-refractivity contribution >= 4 is 48.0 Å². The van der Waals surface area contributed by atoms with Crippen molar-refractivity contribution in [3.05, 3.63) is 44.6 Å². The van der Waals surface area contributed by atoms with Crippen molar-refractivity contribution in [2.24, 2.45) is 0 Å². The first-order valence-electron chi connectivity index (χ1n) is 5.67. The van der Waals surface area contributed by atoms with E-state index in [9.17, 15) is 0 Å².